The van der Waals surface area contributed by atoms with Gasteiger partial charge >= 0.3 is 23.9 Å². The fraction of sp³-hybridized carbons (Fsp3) is 0.643. The lowest BCUT2D eigenvalue weighted by atomic mass is 9.91. The van der Waals surface area contributed by atoms with E-state index in [0.717, 1.165) is 0 Å². The summed E-state index contributed by atoms with van der Waals surface area (Å²) < 4.78 is 21.6. The van der Waals surface area contributed by atoms with Gasteiger partial charge in [-0.05, 0) is 64.2 Å². The van der Waals surface area contributed by atoms with Crippen LogP contribution < -0.4 is 15.2 Å². The maximum absolute atomic E-state index is 12.5. The summed E-state index contributed by atoms with van der Waals surface area (Å²) in [7, 11) is 0. The van der Waals surface area contributed by atoms with Crippen LogP contribution in [0, 0.1) is 17.3 Å². The van der Waals surface area contributed by atoms with Gasteiger partial charge in [-0.15, -0.1) is 0 Å². The van der Waals surface area contributed by atoms with Gasteiger partial charge in [0.05, 0.1) is 17.3 Å². The molecule has 0 aliphatic heterocycles. The maximum atomic E-state index is 12.5. The first kappa shape index (κ1) is 32.1. The molecule has 0 saturated heterocycles. The average Bonchev–Trinajstić information content (AvgIpc) is 2.87. The third kappa shape index (κ3) is 10.1. The summed E-state index contributed by atoms with van der Waals surface area (Å²) in [5.41, 5.74) is 6.03. The Morgan fingerprint density at radius 3 is 1.92 bits per heavy atom. The third-order valence-electron chi connectivity index (χ3n) is 6.42. The molecule has 0 spiro atoms. The topological polar surface area (TPSA) is 131 Å². The van der Waals surface area contributed by atoms with Crippen molar-refractivity contribution in [2.45, 2.75) is 93.2 Å². The molecule has 0 heterocycles. The molecule has 4 atom stereocenters. The van der Waals surface area contributed by atoms with E-state index in [1.165, 1.54) is 12.1 Å². The largest absolute Gasteiger partial charge is 0.461 e. The zero-order valence-electron chi connectivity index (χ0n) is 23.4. The number of carbonyl (C=O) groups excluding carboxylic acids is 4. The smallest absolute Gasteiger partial charge is 0.323 e. The molecule has 2 unspecified atom stereocenters. The minimum atomic E-state index is -1.02. The standard InChI is InChI=1S/C28H43NO8/c1-9-17(4)24(30)36-22-13-12-20(15-23(22)37-25(31)18(5)10-2)14-21(29)26(32)35-19(6)16-34-27(33)28(7,8)11-3/h12-13,15,17-19,21H,9-11,14,16,29H2,1-8H3/t17?,18?,19-,21-/m0/s1. The van der Waals surface area contributed by atoms with Gasteiger partial charge in [-0.1, -0.05) is 40.7 Å². The van der Waals surface area contributed by atoms with E-state index in [0.29, 0.717) is 24.8 Å². The first-order valence-corrected chi connectivity index (χ1v) is 12.9. The van der Waals surface area contributed by atoms with Crippen LogP contribution in [0.3, 0.4) is 0 Å². The third-order valence-corrected chi connectivity index (χ3v) is 6.42. The van der Waals surface area contributed by atoms with E-state index in [-0.39, 0.29) is 42.3 Å². The van der Waals surface area contributed by atoms with Crippen LogP contribution >= 0.6 is 0 Å². The Hall–Kier alpha value is -2.94. The van der Waals surface area contributed by atoms with E-state index < -0.39 is 35.5 Å². The molecule has 0 aliphatic carbocycles. The van der Waals surface area contributed by atoms with Crippen molar-refractivity contribution in [3.8, 4) is 11.5 Å². The highest BCUT2D eigenvalue weighted by Crippen LogP contribution is 2.31. The summed E-state index contributed by atoms with van der Waals surface area (Å²) in [6, 6.07) is 3.68. The highest BCUT2D eigenvalue weighted by Gasteiger charge is 2.28. The molecule has 2 N–H and O–H groups in total. The molecule has 0 radical (unpaired) electrons. The molecule has 0 amide bonds. The Balaban J connectivity index is 2.92. The highest BCUT2D eigenvalue weighted by atomic mass is 16.6. The van der Waals surface area contributed by atoms with E-state index in [1.807, 2.05) is 20.8 Å². The van der Waals surface area contributed by atoms with E-state index in [4.69, 9.17) is 24.7 Å². The van der Waals surface area contributed by atoms with Crippen molar-refractivity contribution in [2.75, 3.05) is 6.61 Å². The molecular weight excluding hydrogens is 478 g/mol. The zero-order chi connectivity index (χ0) is 28.3. The Kier molecular flexibility index (Phi) is 12.8. The summed E-state index contributed by atoms with van der Waals surface area (Å²) in [6.45, 7) is 14.2. The van der Waals surface area contributed by atoms with Crippen molar-refractivity contribution in [1.29, 1.82) is 0 Å². The van der Waals surface area contributed by atoms with Gasteiger partial charge in [0.25, 0.3) is 0 Å². The number of benzene rings is 1. The second kappa shape index (κ2) is 14.7. The van der Waals surface area contributed by atoms with Gasteiger partial charge in [0.2, 0.25) is 0 Å². The van der Waals surface area contributed by atoms with Gasteiger partial charge in [-0.25, -0.2) is 0 Å². The number of hydrogen-bond donors (Lipinski definition) is 1. The molecule has 208 valence electrons. The van der Waals surface area contributed by atoms with Gasteiger partial charge in [0.15, 0.2) is 11.5 Å². The van der Waals surface area contributed by atoms with Gasteiger partial charge < -0.3 is 24.7 Å². The van der Waals surface area contributed by atoms with Crippen LogP contribution in [0.5, 0.6) is 11.5 Å². The van der Waals surface area contributed by atoms with Crippen molar-refractivity contribution >= 4 is 23.9 Å². The van der Waals surface area contributed by atoms with Crippen LogP contribution in [0.1, 0.15) is 80.2 Å². The normalized spacial score (nSPS) is 14.6. The first-order valence-electron chi connectivity index (χ1n) is 12.9. The first-order chi connectivity index (χ1) is 17.2. The molecule has 1 aromatic carbocycles. The van der Waals surface area contributed by atoms with Crippen LogP contribution in [0.15, 0.2) is 18.2 Å². The van der Waals surface area contributed by atoms with Crippen LogP contribution in [0.2, 0.25) is 0 Å². The molecule has 9 heteroatoms. The molecule has 0 aliphatic rings. The van der Waals surface area contributed by atoms with Crippen LogP contribution in [0.4, 0.5) is 0 Å². The molecule has 0 fully saturated rings. The number of esters is 4. The molecule has 37 heavy (non-hydrogen) atoms. The fourth-order valence-electron chi connectivity index (χ4n) is 2.78. The van der Waals surface area contributed by atoms with Crippen molar-refractivity contribution in [3.05, 3.63) is 23.8 Å². The summed E-state index contributed by atoms with van der Waals surface area (Å²) in [4.78, 5) is 49.4. The molecule has 9 nitrogen and oxygen atoms in total. The predicted octanol–water partition coefficient (Wildman–Crippen LogP) is 4.37. The summed E-state index contributed by atoms with van der Waals surface area (Å²) in [6.07, 6.45) is 1.21. The number of ether oxygens (including phenoxy) is 4. The number of hydrogen-bond acceptors (Lipinski definition) is 9. The number of carbonyl (C=O) groups is 4. The van der Waals surface area contributed by atoms with Gasteiger partial charge in [0, 0.05) is 0 Å². The zero-order valence-corrected chi connectivity index (χ0v) is 23.4. The molecule has 1 rings (SSSR count). The van der Waals surface area contributed by atoms with Crippen LogP contribution in [0.25, 0.3) is 0 Å². The van der Waals surface area contributed by atoms with E-state index >= 15 is 0 Å². The number of nitrogens with two attached hydrogens (primary N) is 1. The van der Waals surface area contributed by atoms with Crippen molar-refractivity contribution in [2.24, 2.45) is 23.0 Å². The summed E-state index contributed by atoms with van der Waals surface area (Å²) in [5.74, 6) is -2.40. The van der Waals surface area contributed by atoms with Gasteiger partial charge in [-0.2, -0.15) is 0 Å². The number of rotatable bonds is 14. The van der Waals surface area contributed by atoms with Gasteiger partial charge in [-0.3, -0.25) is 19.2 Å². The van der Waals surface area contributed by atoms with E-state index in [9.17, 15) is 19.2 Å². The van der Waals surface area contributed by atoms with Crippen LogP contribution in [-0.2, 0) is 35.1 Å². The SMILES string of the molecule is CCC(C)C(=O)Oc1ccc(C[C@H](N)C(=O)O[C@@H](C)COC(=O)C(C)(C)CC)cc1OC(=O)C(C)CC. The summed E-state index contributed by atoms with van der Waals surface area (Å²) >= 11 is 0. The van der Waals surface area contributed by atoms with Crippen molar-refractivity contribution < 1.29 is 38.1 Å². The Bertz CT molecular complexity index is 942. The lowest BCUT2D eigenvalue weighted by molar-refractivity contribution is -0.164. The predicted molar refractivity (Wildman–Crippen MR) is 139 cm³/mol. The molecule has 1 aromatic rings. The molecular formula is C28H43NO8. The maximum Gasteiger partial charge on any atom is 0.323 e. The molecule has 0 saturated carbocycles. The van der Waals surface area contributed by atoms with Gasteiger partial charge in [0.1, 0.15) is 18.8 Å². The lowest BCUT2D eigenvalue weighted by Crippen LogP contribution is -2.38. The van der Waals surface area contributed by atoms with Crippen molar-refractivity contribution in [3.63, 3.8) is 0 Å². The second-order valence-electron chi connectivity index (χ2n) is 10.1. The second-order valence-corrected chi connectivity index (χ2v) is 10.1. The lowest BCUT2D eigenvalue weighted by Gasteiger charge is -2.22. The van der Waals surface area contributed by atoms with Crippen molar-refractivity contribution in [1.82, 2.24) is 0 Å². The minimum Gasteiger partial charge on any atom is -0.461 e. The average molecular weight is 522 g/mol. The summed E-state index contributed by atoms with van der Waals surface area (Å²) in [5, 5.41) is 0. The quantitative estimate of drug-likeness (QED) is 0.280. The Morgan fingerprint density at radius 1 is 0.865 bits per heavy atom. The fourth-order valence-corrected chi connectivity index (χ4v) is 2.78. The van der Waals surface area contributed by atoms with Crippen LogP contribution in [-0.4, -0.2) is 42.6 Å². The Morgan fingerprint density at radius 2 is 1.41 bits per heavy atom. The minimum absolute atomic E-state index is 0.0767. The van der Waals surface area contributed by atoms with E-state index in [1.54, 1.807) is 40.7 Å². The Labute approximate surface area is 220 Å². The molecule has 0 bridgehead atoms. The molecule has 0 aromatic heterocycles. The van der Waals surface area contributed by atoms with E-state index in [2.05, 4.69) is 0 Å². The monoisotopic (exact) mass is 521 g/mol. The highest BCUT2D eigenvalue weighted by molar-refractivity contribution is 5.79.